The summed E-state index contributed by atoms with van der Waals surface area (Å²) in [7, 11) is 0. The van der Waals surface area contributed by atoms with Crippen LogP contribution in [0.5, 0.6) is 0 Å². The molecule has 1 rings (SSSR count). The minimum atomic E-state index is -1.50. The molecule has 0 saturated heterocycles. The van der Waals surface area contributed by atoms with E-state index in [9.17, 15) is 0 Å². The zero-order chi connectivity index (χ0) is 7.82. The van der Waals surface area contributed by atoms with Crippen LogP contribution < -0.4 is 0 Å². The van der Waals surface area contributed by atoms with Crippen molar-refractivity contribution in [1.29, 1.82) is 0 Å². The summed E-state index contributed by atoms with van der Waals surface area (Å²) in [5.41, 5.74) is 0. The van der Waals surface area contributed by atoms with Crippen molar-refractivity contribution < 1.29 is 48.9 Å². The molecule has 7 heteroatoms. The van der Waals surface area contributed by atoms with E-state index in [2.05, 4.69) is 9.97 Å². The molecule has 63 valence electrons. The summed E-state index contributed by atoms with van der Waals surface area (Å²) < 4.78 is 0. The van der Waals surface area contributed by atoms with Gasteiger partial charge in [0.05, 0.1) is 0 Å². The molecule has 1 N–H and O–H groups in total. The van der Waals surface area contributed by atoms with Gasteiger partial charge < -0.3 is 5.21 Å². The van der Waals surface area contributed by atoms with Crippen LogP contribution in [0, 0.1) is 48.7 Å². The minimum Gasteiger partial charge on any atom is -0.328 e. The molecule has 0 unspecified atom stereocenters. The first kappa shape index (κ1) is 13.2. The van der Waals surface area contributed by atoms with Crippen LogP contribution >= 0.6 is 0 Å². The smallest absolute Gasteiger partial charge is 0.291 e. The molecular weight excluding hydrogens is 297 g/mol. The van der Waals surface area contributed by atoms with Gasteiger partial charge in [-0.25, -0.2) is 0 Å². The van der Waals surface area contributed by atoms with Gasteiger partial charge in [-0.15, -0.1) is 10.1 Å². The maximum absolute atomic E-state index is 8.36. The van der Waals surface area contributed by atoms with Crippen LogP contribution in [0.25, 0.3) is 0 Å². The Hall–Kier alpha value is -0.434. The van der Waals surface area contributed by atoms with E-state index in [1.54, 1.807) is 24.8 Å². The molecule has 1 aromatic rings. The molecule has 0 aromatic carbocycles. The van der Waals surface area contributed by atoms with Crippen molar-refractivity contribution in [3.63, 3.8) is 0 Å². The first-order valence-electron chi connectivity index (χ1n) is 2.26. The van der Waals surface area contributed by atoms with Crippen molar-refractivity contribution in [2.24, 2.45) is 0 Å². The Morgan fingerprint density at radius 2 is 1.36 bits per heavy atom. The molecular formula is C4H5N3O3Tb. The molecule has 0 spiro atoms. The fourth-order valence-corrected chi connectivity index (χ4v) is 0.253. The molecule has 1 radical (unpaired) electrons. The molecule has 1 heterocycles. The Kier molecular flexibility index (Phi) is 11.5. The van der Waals surface area contributed by atoms with E-state index >= 15 is 0 Å². The van der Waals surface area contributed by atoms with Crippen molar-refractivity contribution in [3.8, 4) is 0 Å². The van der Waals surface area contributed by atoms with Crippen LogP contribution in [0.1, 0.15) is 0 Å². The molecule has 0 bridgehead atoms. The number of hydrogen-bond acceptors (Lipinski definition) is 4. The summed E-state index contributed by atoms with van der Waals surface area (Å²) in [6.45, 7) is 0. The van der Waals surface area contributed by atoms with E-state index in [4.69, 9.17) is 15.3 Å². The largest absolute Gasteiger partial charge is 0.328 e. The van der Waals surface area contributed by atoms with E-state index < -0.39 is 5.09 Å². The maximum atomic E-state index is 8.36. The summed E-state index contributed by atoms with van der Waals surface area (Å²) in [4.78, 5) is 15.8. The molecule has 1 aromatic heterocycles. The van der Waals surface area contributed by atoms with Gasteiger partial charge in [0, 0.05) is 63.4 Å². The zero-order valence-corrected chi connectivity index (χ0v) is 7.39. The number of hydrogen-bond donors (Lipinski definition) is 1. The van der Waals surface area contributed by atoms with Crippen LogP contribution in [0.15, 0.2) is 24.8 Å². The van der Waals surface area contributed by atoms with Gasteiger partial charge in [-0.05, 0) is 0 Å². The van der Waals surface area contributed by atoms with Gasteiger partial charge in [0.15, 0.2) is 0 Å². The van der Waals surface area contributed by atoms with Crippen molar-refractivity contribution in [3.05, 3.63) is 34.9 Å². The zero-order valence-electron chi connectivity index (χ0n) is 5.25. The van der Waals surface area contributed by atoms with Gasteiger partial charge in [0.1, 0.15) is 0 Å². The third-order valence-electron chi connectivity index (χ3n) is 0.478. The standard InChI is InChI=1S/C4H4N2.HNO3.Tb/c1-2-6-4-3-5-1;2-1(3)4;/h1-4H;(H,2,3,4);. The van der Waals surface area contributed by atoms with Gasteiger partial charge in [0.25, 0.3) is 5.09 Å². The third-order valence-corrected chi connectivity index (χ3v) is 0.478. The SMILES string of the molecule is O=[N+]([O-])O.[Tb].c1cnccn1. The molecule has 0 aliphatic carbocycles. The summed E-state index contributed by atoms with van der Waals surface area (Å²) >= 11 is 0. The van der Waals surface area contributed by atoms with Crippen LogP contribution in [0.4, 0.5) is 0 Å². The number of aromatic nitrogens is 2. The van der Waals surface area contributed by atoms with Gasteiger partial charge in [-0.2, -0.15) is 0 Å². The van der Waals surface area contributed by atoms with Gasteiger partial charge in [0.2, 0.25) is 0 Å². The second kappa shape index (κ2) is 9.57. The molecule has 0 fully saturated rings. The Balaban J connectivity index is 0. The van der Waals surface area contributed by atoms with Crippen molar-refractivity contribution in [2.75, 3.05) is 0 Å². The van der Waals surface area contributed by atoms with E-state index in [1.165, 1.54) is 0 Å². The Morgan fingerprint density at radius 3 is 1.45 bits per heavy atom. The van der Waals surface area contributed by atoms with Gasteiger partial charge in [-0.3, -0.25) is 9.97 Å². The minimum absolute atomic E-state index is 0. The summed E-state index contributed by atoms with van der Waals surface area (Å²) in [6, 6.07) is 0. The normalized spacial score (nSPS) is 6.55. The monoisotopic (exact) mass is 302 g/mol. The average molecular weight is 302 g/mol. The quantitative estimate of drug-likeness (QED) is 0.543. The molecule has 6 nitrogen and oxygen atoms in total. The predicted molar refractivity (Wildman–Crippen MR) is 30.8 cm³/mol. The Bertz CT molecular complexity index is 152. The second-order valence-electron chi connectivity index (χ2n) is 1.13. The molecule has 11 heavy (non-hydrogen) atoms. The van der Waals surface area contributed by atoms with Crippen LogP contribution in [-0.4, -0.2) is 20.3 Å². The van der Waals surface area contributed by atoms with Crippen molar-refractivity contribution >= 4 is 0 Å². The molecule has 0 amide bonds. The van der Waals surface area contributed by atoms with E-state index in [0.717, 1.165) is 0 Å². The number of rotatable bonds is 0. The fourth-order valence-electron chi connectivity index (χ4n) is 0.253. The average Bonchev–Trinajstić information content (AvgIpc) is 1.90. The van der Waals surface area contributed by atoms with Crippen LogP contribution in [0.2, 0.25) is 0 Å². The first-order valence-corrected chi connectivity index (χ1v) is 2.26. The fraction of sp³-hybridized carbons (Fsp3) is 0. The third kappa shape index (κ3) is 17.7. The van der Waals surface area contributed by atoms with Crippen LogP contribution in [-0.2, 0) is 0 Å². The van der Waals surface area contributed by atoms with Gasteiger partial charge in [-0.1, -0.05) is 0 Å². The summed E-state index contributed by atoms with van der Waals surface area (Å²) in [5, 5.41) is 13.6. The second-order valence-corrected chi connectivity index (χ2v) is 1.13. The van der Waals surface area contributed by atoms with Crippen LogP contribution in [0.3, 0.4) is 0 Å². The van der Waals surface area contributed by atoms with E-state index in [-0.39, 0.29) is 38.6 Å². The van der Waals surface area contributed by atoms with Crippen molar-refractivity contribution in [2.45, 2.75) is 0 Å². The molecule has 0 atom stereocenters. The Morgan fingerprint density at radius 1 is 1.18 bits per heavy atom. The van der Waals surface area contributed by atoms with Crippen molar-refractivity contribution in [1.82, 2.24) is 9.97 Å². The molecule has 0 aliphatic heterocycles. The maximum Gasteiger partial charge on any atom is 0.291 e. The molecule has 0 aliphatic rings. The first-order chi connectivity index (χ1) is 4.73. The van der Waals surface area contributed by atoms with Gasteiger partial charge >= 0.3 is 0 Å². The molecule has 0 saturated carbocycles. The summed E-state index contributed by atoms with van der Waals surface area (Å²) in [5.74, 6) is 0. The predicted octanol–water partition coefficient (Wildman–Crippen LogP) is 0.129. The van der Waals surface area contributed by atoms with E-state index in [1.807, 2.05) is 0 Å². The Labute approximate surface area is 93.2 Å². The number of nitrogens with zero attached hydrogens (tertiary/aromatic N) is 3. The van der Waals surface area contributed by atoms with E-state index in [0.29, 0.717) is 0 Å². The topological polar surface area (TPSA) is 89.2 Å². The summed E-state index contributed by atoms with van der Waals surface area (Å²) in [6.07, 6.45) is 6.56.